The van der Waals surface area contributed by atoms with E-state index >= 15 is 0 Å². The van der Waals surface area contributed by atoms with Crippen LogP contribution in [0.15, 0.2) is 60.8 Å². The number of carbonyl (C=O) groups excluding carboxylic acids is 1. The number of nitrogens with zero attached hydrogens (tertiary/aromatic N) is 2. The Labute approximate surface area is 150 Å². The molecule has 5 nitrogen and oxygen atoms in total. The molecule has 0 unspecified atom stereocenters. The van der Waals surface area contributed by atoms with E-state index in [9.17, 15) is 9.18 Å². The number of benzene rings is 2. The summed E-state index contributed by atoms with van der Waals surface area (Å²) in [6.45, 7) is 2.58. The van der Waals surface area contributed by atoms with Gasteiger partial charge in [-0.25, -0.2) is 9.07 Å². The predicted octanol–water partition coefficient (Wildman–Crippen LogP) is 3.20. The zero-order valence-corrected chi connectivity index (χ0v) is 14.4. The molecule has 4 rings (SSSR count). The van der Waals surface area contributed by atoms with E-state index < -0.39 is 5.67 Å². The van der Waals surface area contributed by atoms with Crippen LogP contribution in [0.2, 0.25) is 0 Å². The first kappa shape index (κ1) is 16.5. The van der Waals surface area contributed by atoms with Gasteiger partial charge in [0.2, 0.25) is 0 Å². The van der Waals surface area contributed by atoms with Gasteiger partial charge in [-0.3, -0.25) is 4.79 Å². The Bertz CT molecular complexity index is 944. The van der Waals surface area contributed by atoms with Crippen LogP contribution in [0.1, 0.15) is 21.5 Å². The largest absolute Gasteiger partial charge is 0.310 e. The number of amides is 1. The van der Waals surface area contributed by atoms with Gasteiger partial charge in [-0.05, 0) is 36.8 Å². The molecule has 1 aromatic heterocycles. The van der Waals surface area contributed by atoms with Crippen LogP contribution in [0.4, 0.5) is 10.2 Å². The molecule has 6 heteroatoms. The molecular weight excluding hydrogens is 331 g/mol. The van der Waals surface area contributed by atoms with Crippen LogP contribution in [0.5, 0.6) is 0 Å². The predicted molar refractivity (Wildman–Crippen MR) is 98.4 cm³/mol. The van der Waals surface area contributed by atoms with Gasteiger partial charge in [0, 0.05) is 30.9 Å². The van der Waals surface area contributed by atoms with E-state index in [1.165, 1.54) is 5.56 Å². The fraction of sp³-hybridized carbons (Fsp3) is 0.200. The highest BCUT2D eigenvalue weighted by molar-refractivity contribution is 6.03. The quantitative estimate of drug-likeness (QED) is 0.760. The summed E-state index contributed by atoms with van der Waals surface area (Å²) in [6.07, 6.45) is 1.79. The maximum atomic E-state index is 14.5. The Kier molecular flexibility index (Phi) is 4.05. The molecule has 132 valence electrons. The van der Waals surface area contributed by atoms with Crippen molar-refractivity contribution in [2.75, 3.05) is 18.4 Å². The molecule has 1 aliphatic heterocycles. The highest BCUT2D eigenvalue weighted by Crippen LogP contribution is 2.30. The Morgan fingerprint density at radius 3 is 2.65 bits per heavy atom. The van der Waals surface area contributed by atoms with Gasteiger partial charge in [-0.2, -0.15) is 5.10 Å². The summed E-state index contributed by atoms with van der Waals surface area (Å²) in [6, 6.07) is 16.4. The van der Waals surface area contributed by atoms with Crippen LogP contribution in [0.3, 0.4) is 0 Å². The highest BCUT2D eigenvalue weighted by Gasteiger charge is 2.39. The fourth-order valence-corrected chi connectivity index (χ4v) is 2.91. The number of halogens is 1. The molecule has 0 atom stereocenters. The topological polar surface area (TPSA) is 59.0 Å². The summed E-state index contributed by atoms with van der Waals surface area (Å²) in [5.74, 6) is 0.137. The number of carbonyl (C=O) groups is 1. The van der Waals surface area contributed by atoms with Gasteiger partial charge in [-0.1, -0.05) is 29.8 Å². The lowest BCUT2D eigenvalue weighted by molar-refractivity contribution is 0.0889. The molecule has 0 radical (unpaired) electrons. The molecule has 1 fully saturated rings. The third kappa shape index (κ3) is 3.11. The maximum absolute atomic E-state index is 14.5. The first-order chi connectivity index (χ1) is 12.5. The Morgan fingerprint density at radius 1 is 1.19 bits per heavy atom. The number of hydrogen-bond donors (Lipinski definition) is 2. The van der Waals surface area contributed by atoms with Gasteiger partial charge in [0.05, 0.1) is 5.69 Å². The third-order valence-electron chi connectivity index (χ3n) is 4.58. The lowest BCUT2D eigenvalue weighted by Gasteiger charge is -2.35. The van der Waals surface area contributed by atoms with Crippen molar-refractivity contribution >= 4 is 11.7 Å². The lowest BCUT2D eigenvalue weighted by atomic mass is 9.89. The Balaban J connectivity index is 1.50. The van der Waals surface area contributed by atoms with E-state index in [1.54, 1.807) is 41.2 Å². The summed E-state index contributed by atoms with van der Waals surface area (Å²) >= 11 is 0. The molecule has 2 aromatic carbocycles. The Hall–Kier alpha value is -2.99. The monoisotopic (exact) mass is 350 g/mol. The van der Waals surface area contributed by atoms with Gasteiger partial charge in [0.15, 0.2) is 11.5 Å². The summed E-state index contributed by atoms with van der Waals surface area (Å²) in [5.41, 5.74) is 1.63. The van der Waals surface area contributed by atoms with Crippen LogP contribution in [-0.4, -0.2) is 28.8 Å². The average molecular weight is 350 g/mol. The smallest absolute Gasteiger partial charge is 0.256 e. The standard InChI is InChI=1S/C20H19FN4O/c1-14-5-7-17(8-6-14)25-10-9-18(24-25)23-19(26)15-3-2-4-16(11-15)20(21)12-22-13-20/h2-11,22H,12-13H2,1H3,(H,23,24,26). The maximum Gasteiger partial charge on any atom is 0.256 e. The first-order valence-electron chi connectivity index (χ1n) is 8.48. The van der Waals surface area contributed by atoms with Crippen molar-refractivity contribution in [1.29, 1.82) is 0 Å². The minimum absolute atomic E-state index is 0.277. The number of aryl methyl sites for hydroxylation is 1. The molecular formula is C20H19FN4O. The number of rotatable bonds is 4. The zero-order valence-electron chi connectivity index (χ0n) is 14.4. The van der Waals surface area contributed by atoms with Crippen molar-refractivity contribution in [3.05, 3.63) is 77.5 Å². The van der Waals surface area contributed by atoms with Crippen molar-refractivity contribution in [2.45, 2.75) is 12.6 Å². The minimum Gasteiger partial charge on any atom is -0.310 e. The molecule has 0 saturated carbocycles. The van der Waals surface area contributed by atoms with Gasteiger partial charge in [-0.15, -0.1) is 0 Å². The van der Waals surface area contributed by atoms with Gasteiger partial charge in [0.1, 0.15) is 0 Å². The molecule has 2 heterocycles. The van der Waals surface area contributed by atoms with Gasteiger partial charge in [0.25, 0.3) is 5.91 Å². The fourth-order valence-electron chi connectivity index (χ4n) is 2.91. The first-order valence-corrected chi connectivity index (χ1v) is 8.48. The molecule has 0 aliphatic carbocycles. The zero-order chi connectivity index (χ0) is 18.1. The summed E-state index contributed by atoms with van der Waals surface area (Å²) in [5, 5.41) is 10.1. The van der Waals surface area contributed by atoms with E-state index in [1.807, 2.05) is 31.2 Å². The van der Waals surface area contributed by atoms with E-state index in [4.69, 9.17) is 0 Å². The highest BCUT2D eigenvalue weighted by atomic mass is 19.1. The molecule has 3 aromatic rings. The normalized spacial score (nSPS) is 15.3. The van der Waals surface area contributed by atoms with E-state index in [0.717, 1.165) is 5.69 Å². The van der Waals surface area contributed by atoms with Crippen molar-refractivity contribution < 1.29 is 9.18 Å². The van der Waals surface area contributed by atoms with Gasteiger partial charge >= 0.3 is 0 Å². The van der Waals surface area contributed by atoms with Crippen molar-refractivity contribution in [3.8, 4) is 5.69 Å². The van der Waals surface area contributed by atoms with Crippen LogP contribution >= 0.6 is 0 Å². The second-order valence-corrected chi connectivity index (χ2v) is 6.58. The molecule has 0 bridgehead atoms. The minimum atomic E-state index is -1.39. The molecule has 26 heavy (non-hydrogen) atoms. The van der Waals surface area contributed by atoms with Crippen molar-refractivity contribution in [2.24, 2.45) is 0 Å². The number of nitrogens with one attached hydrogen (secondary N) is 2. The second kappa shape index (κ2) is 6.38. The average Bonchev–Trinajstić information content (AvgIpc) is 3.09. The van der Waals surface area contributed by atoms with Gasteiger partial charge < -0.3 is 10.6 Å². The second-order valence-electron chi connectivity index (χ2n) is 6.58. The molecule has 1 saturated heterocycles. The molecule has 1 amide bonds. The summed E-state index contributed by atoms with van der Waals surface area (Å²) < 4.78 is 16.2. The molecule has 0 spiro atoms. The van der Waals surface area contributed by atoms with Crippen LogP contribution < -0.4 is 10.6 Å². The SMILES string of the molecule is Cc1ccc(-n2ccc(NC(=O)c3cccc(C4(F)CNC4)c3)n2)cc1. The Morgan fingerprint density at radius 2 is 1.96 bits per heavy atom. The third-order valence-corrected chi connectivity index (χ3v) is 4.58. The number of hydrogen-bond acceptors (Lipinski definition) is 3. The van der Waals surface area contributed by atoms with Crippen LogP contribution in [0.25, 0.3) is 5.69 Å². The summed E-state index contributed by atoms with van der Waals surface area (Å²) in [4.78, 5) is 12.5. The van der Waals surface area contributed by atoms with E-state index in [-0.39, 0.29) is 19.0 Å². The van der Waals surface area contributed by atoms with Crippen LogP contribution in [-0.2, 0) is 5.67 Å². The number of aromatic nitrogens is 2. The van der Waals surface area contributed by atoms with Crippen LogP contribution in [0, 0.1) is 6.92 Å². The molecule has 1 aliphatic rings. The van der Waals surface area contributed by atoms with E-state index in [0.29, 0.717) is 16.9 Å². The van der Waals surface area contributed by atoms with Crippen molar-refractivity contribution in [1.82, 2.24) is 15.1 Å². The van der Waals surface area contributed by atoms with Crippen molar-refractivity contribution in [3.63, 3.8) is 0 Å². The molecule has 2 N–H and O–H groups in total. The number of alkyl halides is 1. The lowest BCUT2D eigenvalue weighted by Crippen LogP contribution is -2.53. The van der Waals surface area contributed by atoms with E-state index in [2.05, 4.69) is 15.7 Å². The number of anilines is 1. The summed E-state index contributed by atoms with van der Waals surface area (Å²) in [7, 11) is 0.